The van der Waals surface area contributed by atoms with Crippen LogP contribution in [0, 0.1) is 13.8 Å². The molecule has 0 spiro atoms. The molecule has 8 heteroatoms. The van der Waals surface area contributed by atoms with Crippen molar-refractivity contribution in [2.24, 2.45) is 0 Å². The first-order valence-corrected chi connectivity index (χ1v) is 19.5. The van der Waals surface area contributed by atoms with E-state index in [-0.39, 0.29) is 22.5 Å². The molecule has 294 valence electrons. The van der Waals surface area contributed by atoms with Gasteiger partial charge in [-0.3, -0.25) is 0 Å². The lowest BCUT2D eigenvalue weighted by atomic mass is 9.96. The Hall–Kier alpha value is -7.06. The third-order valence-electron chi connectivity index (χ3n) is 11.6. The molecule has 2 nitrogen and oxygen atoms in total. The lowest BCUT2D eigenvalue weighted by Crippen LogP contribution is -2.11. The van der Waals surface area contributed by atoms with E-state index in [4.69, 9.17) is 0 Å². The van der Waals surface area contributed by atoms with Gasteiger partial charge in [-0.1, -0.05) is 109 Å². The van der Waals surface area contributed by atoms with Crippen LogP contribution in [0.2, 0.25) is 0 Å². The van der Waals surface area contributed by atoms with E-state index >= 15 is 13.2 Å². The summed E-state index contributed by atoms with van der Waals surface area (Å²) >= 11 is 0. The number of rotatable bonds is 5. The lowest BCUT2D eigenvalue weighted by Gasteiger charge is -2.23. The minimum Gasteiger partial charge on any atom is -0.309 e. The Kier molecular flexibility index (Phi) is 8.54. The molecule has 0 N–H and O–H groups in total. The number of alkyl halides is 6. The first kappa shape index (κ1) is 37.2. The fourth-order valence-electron chi connectivity index (χ4n) is 8.87. The van der Waals surface area contributed by atoms with Gasteiger partial charge in [0.15, 0.2) is 0 Å². The largest absolute Gasteiger partial charge is 0.416 e. The zero-order valence-electron chi connectivity index (χ0n) is 32.3. The smallest absolute Gasteiger partial charge is 0.309 e. The van der Waals surface area contributed by atoms with Gasteiger partial charge in [-0.2, -0.15) is 26.3 Å². The SMILES string of the molecule is Cc1ccccc1-c1ccc2c(c1)c1ccccc1n2-c1cc(C(F)(F)F)cc(-n2c3ccccc3c3cc(-c4ccccc4C)ccc32)c1-c1cccc(C(F)(F)F)c1. The topological polar surface area (TPSA) is 9.86 Å². The van der Waals surface area contributed by atoms with Gasteiger partial charge < -0.3 is 9.13 Å². The molecule has 0 fully saturated rings. The maximum atomic E-state index is 15.4. The van der Waals surface area contributed by atoms with E-state index in [0.717, 1.165) is 79.2 Å². The van der Waals surface area contributed by atoms with Crippen LogP contribution in [0.3, 0.4) is 0 Å². The number of fused-ring (bicyclic) bond motifs is 6. The molecule has 10 aromatic rings. The van der Waals surface area contributed by atoms with Crippen molar-refractivity contribution in [2.45, 2.75) is 26.2 Å². The minimum atomic E-state index is -4.82. The Morgan fingerprint density at radius 3 is 1.25 bits per heavy atom. The molecule has 2 aromatic heterocycles. The minimum absolute atomic E-state index is 0.0939. The van der Waals surface area contributed by atoms with Gasteiger partial charge in [0.05, 0.1) is 44.6 Å². The van der Waals surface area contributed by atoms with Crippen LogP contribution in [0.5, 0.6) is 0 Å². The molecule has 0 saturated carbocycles. The molecule has 10 rings (SSSR count). The van der Waals surface area contributed by atoms with Gasteiger partial charge in [0, 0.05) is 27.1 Å². The molecule has 0 aliphatic rings. The quantitative estimate of drug-likeness (QED) is 0.153. The summed E-state index contributed by atoms with van der Waals surface area (Å²) in [6, 6.07) is 49.6. The van der Waals surface area contributed by atoms with Gasteiger partial charge in [0.1, 0.15) is 0 Å². The van der Waals surface area contributed by atoms with Crippen LogP contribution < -0.4 is 0 Å². The third kappa shape index (κ3) is 6.05. The molecule has 0 saturated heterocycles. The van der Waals surface area contributed by atoms with Crippen molar-refractivity contribution < 1.29 is 26.3 Å². The number of benzene rings is 8. The molecule has 0 aliphatic heterocycles. The highest BCUT2D eigenvalue weighted by molar-refractivity contribution is 6.13. The van der Waals surface area contributed by atoms with Gasteiger partial charge in [-0.25, -0.2) is 0 Å². The van der Waals surface area contributed by atoms with E-state index < -0.39 is 23.5 Å². The van der Waals surface area contributed by atoms with Crippen molar-refractivity contribution in [1.82, 2.24) is 9.13 Å². The standard InChI is InChI=1S/C52H34F6N2/c1-31-12-3-5-16-38(31)33-22-24-46-42(27-33)40-18-7-9-20-44(40)59(46)48-29-37(52(56,57)58)30-49(50(48)35-14-11-15-36(26-35)51(53,54)55)60-45-21-10-8-19-41(45)43-28-34(23-25-47(43)60)39-17-6-4-13-32(39)2/h3-30H,1-2H3. The first-order valence-electron chi connectivity index (χ1n) is 19.5. The highest BCUT2D eigenvalue weighted by atomic mass is 19.4. The molecule has 0 bridgehead atoms. The summed E-state index contributed by atoms with van der Waals surface area (Å²) in [5.41, 5.74) is 7.12. The van der Waals surface area contributed by atoms with Crippen LogP contribution in [-0.2, 0) is 12.4 Å². The Bertz CT molecular complexity index is 3140. The van der Waals surface area contributed by atoms with E-state index in [9.17, 15) is 13.2 Å². The number of aryl methyl sites for hydroxylation is 2. The number of hydrogen-bond acceptors (Lipinski definition) is 0. The number of halogens is 6. The van der Waals surface area contributed by atoms with Gasteiger partial charge in [-0.05, 0) is 113 Å². The van der Waals surface area contributed by atoms with Crippen molar-refractivity contribution in [3.8, 4) is 44.8 Å². The van der Waals surface area contributed by atoms with Crippen LogP contribution in [0.15, 0.2) is 170 Å². The first-order chi connectivity index (χ1) is 28.9. The van der Waals surface area contributed by atoms with E-state index in [1.54, 1.807) is 15.2 Å². The van der Waals surface area contributed by atoms with Crippen molar-refractivity contribution in [1.29, 1.82) is 0 Å². The summed E-state index contributed by atoms with van der Waals surface area (Å²) < 4.78 is 93.4. The number of hydrogen-bond donors (Lipinski definition) is 0. The van der Waals surface area contributed by atoms with Crippen LogP contribution >= 0.6 is 0 Å². The van der Waals surface area contributed by atoms with Crippen molar-refractivity contribution in [3.05, 3.63) is 192 Å². The molecule has 0 aliphatic carbocycles. The Morgan fingerprint density at radius 2 is 0.783 bits per heavy atom. The zero-order chi connectivity index (χ0) is 41.5. The zero-order valence-corrected chi connectivity index (χ0v) is 32.3. The summed E-state index contributed by atoms with van der Waals surface area (Å²) in [5.74, 6) is 0. The number of aromatic nitrogens is 2. The van der Waals surface area contributed by atoms with Gasteiger partial charge in [0.2, 0.25) is 0 Å². The molecular weight excluding hydrogens is 767 g/mol. The predicted octanol–water partition coefficient (Wildman–Crippen LogP) is 15.5. The van der Waals surface area contributed by atoms with E-state index in [0.29, 0.717) is 22.1 Å². The van der Waals surface area contributed by atoms with E-state index in [1.807, 2.05) is 147 Å². The van der Waals surface area contributed by atoms with Gasteiger partial charge >= 0.3 is 12.4 Å². The van der Waals surface area contributed by atoms with E-state index in [1.165, 1.54) is 6.07 Å². The molecule has 0 radical (unpaired) electrons. The number of nitrogens with zero attached hydrogens (tertiary/aromatic N) is 2. The fourth-order valence-corrected chi connectivity index (χ4v) is 8.87. The summed E-state index contributed by atoms with van der Waals surface area (Å²) in [4.78, 5) is 0. The normalized spacial score (nSPS) is 12.3. The Balaban J connectivity index is 1.36. The fraction of sp³-hybridized carbons (Fsp3) is 0.0769. The summed E-state index contributed by atoms with van der Waals surface area (Å²) in [7, 11) is 0. The molecule has 0 amide bonds. The van der Waals surface area contributed by atoms with E-state index in [2.05, 4.69) is 0 Å². The van der Waals surface area contributed by atoms with Crippen LogP contribution in [0.1, 0.15) is 22.3 Å². The van der Waals surface area contributed by atoms with Crippen molar-refractivity contribution >= 4 is 43.6 Å². The van der Waals surface area contributed by atoms with Gasteiger partial charge in [-0.15, -0.1) is 0 Å². The molecule has 2 heterocycles. The Labute approximate surface area is 341 Å². The van der Waals surface area contributed by atoms with Gasteiger partial charge in [0.25, 0.3) is 0 Å². The molecule has 60 heavy (non-hydrogen) atoms. The van der Waals surface area contributed by atoms with Crippen LogP contribution in [-0.4, -0.2) is 9.13 Å². The Morgan fingerprint density at radius 1 is 0.350 bits per heavy atom. The molecule has 0 atom stereocenters. The highest BCUT2D eigenvalue weighted by Gasteiger charge is 2.35. The second-order valence-corrected chi connectivity index (χ2v) is 15.3. The van der Waals surface area contributed by atoms with Crippen molar-refractivity contribution in [3.63, 3.8) is 0 Å². The monoisotopic (exact) mass is 800 g/mol. The maximum absolute atomic E-state index is 15.4. The molecular formula is C52H34F6N2. The van der Waals surface area contributed by atoms with Crippen LogP contribution in [0.25, 0.3) is 88.4 Å². The molecule has 8 aromatic carbocycles. The van der Waals surface area contributed by atoms with Crippen molar-refractivity contribution in [2.75, 3.05) is 0 Å². The highest BCUT2D eigenvalue weighted by Crippen LogP contribution is 2.47. The molecule has 0 unspecified atom stereocenters. The predicted molar refractivity (Wildman–Crippen MR) is 231 cm³/mol. The summed E-state index contributed by atoms with van der Waals surface area (Å²) in [6.45, 7) is 4.04. The summed E-state index contributed by atoms with van der Waals surface area (Å²) in [6.07, 6.45) is -9.52. The second kappa shape index (κ2) is 13.8. The third-order valence-corrected chi connectivity index (χ3v) is 11.6. The van der Waals surface area contributed by atoms with Crippen LogP contribution in [0.4, 0.5) is 26.3 Å². The lowest BCUT2D eigenvalue weighted by molar-refractivity contribution is -0.138. The average Bonchev–Trinajstić information content (AvgIpc) is 3.75. The second-order valence-electron chi connectivity index (χ2n) is 15.3. The average molecular weight is 801 g/mol. The number of para-hydroxylation sites is 2. The maximum Gasteiger partial charge on any atom is 0.416 e. The summed E-state index contributed by atoms with van der Waals surface area (Å²) in [5, 5.41) is 3.16.